The fourth-order valence-electron chi connectivity index (χ4n) is 2.07. The van der Waals surface area contributed by atoms with Crippen molar-refractivity contribution in [1.82, 2.24) is 4.98 Å². The Balaban J connectivity index is 2.06. The van der Waals surface area contributed by atoms with Crippen LogP contribution in [0.25, 0.3) is 11.6 Å². The second-order valence-electron chi connectivity index (χ2n) is 4.21. The number of benzene rings is 1. The Bertz CT molecular complexity index is 663. The average molecular weight is 252 g/mol. The van der Waals surface area contributed by atoms with Crippen LogP contribution < -0.4 is 10.1 Å². The number of carbonyl (C=O) groups is 1. The van der Waals surface area contributed by atoms with E-state index in [4.69, 9.17) is 4.74 Å². The largest absolute Gasteiger partial charge is 0.497 e. The zero-order chi connectivity index (χ0) is 13.2. The van der Waals surface area contributed by atoms with E-state index in [-0.39, 0.29) is 5.91 Å². The molecule has 2 aromatic rings. The number of hydrogen-bond acceptors (Lipinski definition) is 3. The Morgan fingerprint density at radius 1 is 1.32 bits per heavy atom. The van der Waals surface area contributed by atoms with Crippen LogP contribution in [0.3, 0.4) is 0 Å². The number of carbonyl (C=O) groups excluding carboxylic acids is 1. The molecule has 3 rings (SSSR count). The van der Waals surface area contributed by atoms with Crippen LogP contribution in [-0.2, 0) is 4.79 Å². The molecular weight excluding hydrogens is 240 g/mol. The molecule has 1 aromatic heterocycles. The summed E-state index contributed by atoms with van der Waals surface area (Å²) >= 11 is 0. The number of amides is 1. The highest BCUT2D eigenvalue weighted by Gasteiger charge is 2.24. The molecule has 0 saturated heterocycles. The molecule has 4 heteroatoms. The predicted octanol–water partition coefficient (Wildman–Crippen LogP) is 2.58. The first-order chi connectivity index (χ1) is 9.28. The normalized spacial score (nSPS) is 15.2. The van der Waals surface area contributed by atoms with Crippen molar-refractivity contribution in [2.75, 3.05) is 12.4 Å². The van der Waals surface area contributed by atoms with Crippen LogP contribution >= 0.6 is 0 Å². The maximum absolute atomic E-state index is 12.0. The number of anilines is 1. The Labute approximate surface area is 110 Å². The molecule has 1 N–H and O–H groups in total. The minimum absolute atomic E-state index is 0.105. The van der Waals surface area contributed by atoms with Crippen molar-refractivity contribution in [2.24, 2.45) is 0 Å². The van der Waals surface area contributed by atoms with Crippen molar-refractivity contribution in [3.8, 4) is 5.75 Å². The van der Waals surface area contributed by atoms with Crippen molar-refractivity contribution in [3.63, 3.8) is 0 Å². The van der Waals surface area contributed by atoms with Crippen LogP contribution in [0.2, 0.25) is 0 Å². The molecule has 0 fully saturated rings. The summed E-state index contributed by atoms with van der Waals surface area (Å²) in [5.74, 6) is 0.619. The third-order valence-corrected chi connectivity index (χ3v) is 3.01. The van der Waals surface area contributed by atoms with E-state index in [1.807, 2.05) is 36.4 Å². The van der Waals surface area contributed by atoms with Gasteiger partial charge in [0.2, 0.25) is 0 Å². The maximum atomic E-state index is 12.0. The first-order valence-electron chi connectivity index (χ1n) is 5.89. The highest BCUT2D eigenvalue weighted by molar-refractivity contribution is 6.34. The zero-order valence-corrected chi connectivity index (χ0v) is 10.4. The molecule has 1 aliphatic heterocycles. The molecule has 4 nitrogen and oxygen atoms in total. The SMILES string of the molecule is COc1ccc2c(c1)NC(=O)C2=Cc1cccnc1. The lowest BCUT2D eigenvalue weighted by molar-refractivity contribution is -0.110. The van der Waals surface area contributed by atoms with Gasteiger partial charge in [-0.15, -0.1) is 0 Å². The summed E-state index contributed by atoms with van der Waals surface area (Å²) < 4.78 is 5.15. The first-order valence-corrected chi connectivity index (χ1v) is 5.89. The Morgan fingerprint density at radius 3 is 2.95 bits per heavy atom. The molecule has 0 aliphatic carbocycles. The van der Waals surface area contributed by atoms with Crippen LogP contribution in [0.5, 0.6) is 5.75 Å². The summed E-state index contributed by atoms with van der Waals surface area (Å²) in [6.45, 7) is 0. The van der Waals surface area contributed by atoms with Gasteiger partial charge >= 0.3 is 0 Å². The summed E-state index contributed by atoms with van der Waals surface area (Å²) in [5.41, 5.74) is 3.20. The summed E-state index contributed by atoms with van der Waals surface area (Å²) in [6.07, 6.45) is 5.26. The van der Waals surface area contributed by atoms with E-state index in [1.54, 1.807) is 19.5 Å². The smallest absolute Gasteiger partial charge is 0.256 e. The maximum Gasteiger partial charge on any atom is 0.256 e. The molecule has 1 amide bonds. The van der Waals surface area contributed by atoms with Gasteiger partial charge in [-0.2, -0.15) is 0 Å². The number of nitrogens with zero attached hydrogens (tertiary/aromatic N) is 1. The monoisotopic (exact) mass is 252 g/mol. The molecule has 0 radical (unpaired) electrons. The van der Waals surface area contributed by atoms with Crippen molar-refractivity contribution in [3.05, 3.63) is 53.9 Å². The summed E-state index contributed by atoms with van der Waals surface area (Å²) in [7, 11) is 1.60. The number of pyridine rings is 1. The minimum atomic E-state index is -0.105. The van der Waals surface area contributed by atoms with Gasteiger partial charge in [-0.1, -0.05) is 6.07 Å². The number of rotatable bonds is 2. The predicted molar refractivity (Wildman–Crippen MR) is 73.7 cm³/mol. The van der Waals surface area contributed by atoms with Crippen molar-refractivity contribution in [2.45, 2.75) is 0 Å². The molecule has 0 unspecified atom stereocenters. The van der Waals surface area contributed by atoms with Gasteiger partial charge in [0, 0.05) is 29.6 Å². The fraction of sp³-hybridized carbons (Fsp3) is 0.0667. The molecule has 1 aromatic carbocycles. The standard InChI is InChI=1S/C15H12N2O2/c1-19-11-4-5-12-13(15(18)17-14(12)8-11)7-10-3-2-6-16-9-10/h2-9H,1H3,(H,17,18). The van der Waals surface area contributed by atoms with Crippen LogP contribution in [-0.4, -0.2) is 18.0 Å². The quantitative estimate of drug-likeness (QED) is 0.836. The molecule has 94 valence electrons. The van der Waals surface area contributed by atoms with Gasteiger partial charge in [-0.3, -0.25) is 9.78 Å². The molecular formula is C15H12N2O2. The minimum Gasteiger partial charge on any atom is -0.497 e. The third-order valence-electron chi connectivity index (χ3n) is 3.01. The molecule has 0 saturated carbocycles. The van der Waals surface area contributed by atoms with E-state index < -0.39 is 0 Å². The van der Waals surface area contributed by atoms with E-state index in [0.717, 1.165) is 22.6 Å². The molecule has 0 spiro atoms. The van der Waals surface area contributed by atoms with Crippen LogP contribution in [0, 0.1) is 0 Å². The van der Waals surface area contributed by atoms with Gasteiger partial charge in [-0.05, 0) is 29.8 Å². The second kappa shape index (κ2) is 4.57. The highest BCUT2D eigenvalue weighted by Crippen LogP contribution is 2.35. The van der Waals surface area contributed by atoms with Gasteiger partial charge in [0.15, 0.2) is 0 Å². The Hall–Kier alpha value is -2.62. The van der Waals surface area contributed by atoms with Crippen LogP contribution in [0.4, 0.5) is 5.69 Å². The van der Waals surface area contributed by atoms with E-state index in [9.17, 15) is 4.79 Å². The Kier molecular flexibility index (Phi) is 2.76. The summed E-state index contributed by atoms with van der Waals surface area (Å²) in [6, 6.07) is 9.30. The number of fused-ring (bicyclic) bond motifs is 1. The molecule has 0 atom stereocenters. The van der Waals surface area contributed by atoms with E-state index in [2.05, 4.69) is 10.3 Å². The van der Waals surface area contributed by atoms with Gasteiger partial charge in [0.1, 0.15) is 5.75 Å². The van der Waals surface area contributed by atoms with Gasteiger partial charge in [-0.25, -0.2) is 0 Å². The number of ether oxygens (including phenoxy) is 1. The third kappa shape index (κ3) is 2.08. The number of nitrogens with one attached hydrogen (secondary N) is 1. The topological polar surface area (TPSA) is 51.2 Å². The number of aromatic nitrogens is 1. The van der Waals surface area contributed by atoms with Crippen LogP contribution in [0.15, 0.2) is 42.7 Å². The zero-order valence-electron chi connectivity index (χ0n) is 10.4. The van der Waals surface area contributed by atoms with Gasteiger partial charge < -0.3 is 10.1 Å². The molecule has 0 bridgehead atoms. The fourth-order valence-corrected chi connectivity index (χ4v) is 2.07. The van der Waals surface area contributed by atoms with Gasteiger partial charge in [0.25, 0.3) is 5.91 Å². The first kappa shape index (κ1) is 11.5. The number of hydrogen-bond donors (Lipinski definition) is 1. The highest BCUT2D eigenvalue weighted by atomic mass is 16.5. The van der Waals surface area contributed by atoms with Crippen molar-refractivity contribution >= 4 is 23.2 Å². The van der Waals surface area contributed by atoms with E-state index >= 15 is 0 Å². The molecule has 1 aliphatic rings. The van der Waals surface area contributed by atoms with E-state index in [0.29, 0.717) is 5.57 Å². The average Bonchev–Trinajstić information content (AvgIpc) is 2.75. The Morgan fingerprint density at radius 2 is 2.21 bits per heavy atom. The molecule has 2 heterocycles. The van der Waals surface area contributed by atoms with Crippen molar-refractivity contribution < 1.29 is 9.53 Å². The van der Waals surface area contributed by atoms with Crippen molar-refractivity contribution in [1.29, 1.82) is 0 Å². The lowest BCUT2D eigenvalue weighted by Gasteiger charge is -2.02. The van der Waals surface area contributed by atoms with Crippen LogP contribution in [0.1, 0.15) is 11.1 Å². The summed E-state index contributed by atoms with van der Waals surface area (Å²) in [5, 5.41) is 2.83. The lowest BCUT2D eigenvalue weighted by atomic mass is 10.0. The lowest BCUT2D eigenvalue weighted by Crippen LogP contribution is -2.03. The van der Waals surface area contributed by atoms with E-state index in [1.165, 1.54) is 0 Å². The second-order valence-corrected chi connectivity index (χ2v) is 4.21. The molecule has 19 heavy (non-hydrogen) atoms. The summed E-state index contributed by atoms with van der Waals surface area (Å²) in [4.78, 5) is 16.0. The van der Waals surface area contributed by atoms with Gasteiger partial charge in [0.05, 0.1) is 12.8 Å². The number of methoxy groups -OCH3 is 1.